The molecule has 94 valence electrons. The summed E-state index contributed by atoms with van der Waals surface area (Å²) in [6.07, 6.45) is 1.92. The molecule has 0 aromatic heterocycles. The molecule has 0 aliphatic carbocycles. The van der Waals surface area contributed by atoms with Crippen LogP contribution in [-0.2, 0) is 0 Å². The molecule has 0 heterocycles. The lowest BCUT2D eigenvalue weighted by Crippen LogP contribution is -1.99. The average molecular weight is 285 g/mol. The number of benzene rings is 2. The zero-order valence-electron chi connectivity index (χ0n) is 9.66. The largest absolute Gasteiger partial charge is 0.207 e. The first-order chi connectivity index (χ1) is 8.63. The van der Waals surface area contributed by atoms with Crippen molar-refractivity contribution in [3.63, 3.8) is 0 Å². The first kappa shape index (κ1) is 13.4. The van der Waals surface area contributed by atoms with Crippen LogP contribution in [0, 0.1) is 11.6 Å². The highest BCUT2D eigenvalue weighted by atomic mass is 35.5. The van der Waals surface area contributed by atoms with E-state index >= 15 is 0 Å². The first-order valence-electron chi connectivity index (χ1n) is 5.35. The molecular formula is C14H11ClF2S. The number of halogens is 3. The summed E-state index contributed by atoms with van der Waals surface area (Å²) in [5.74, 6) is -0.981. The van der Waals surface area contributed by atoms with Crippen molar-refractivity contribution in [2.75, 3.05) is 6.26 Å². The van der Waals surface area contributed by atoms with Crippen LogP contribution in [0.5, 0.6) is 0 Å². The van der Waals surface area contributed by atoms with Crippen molar-refractivity contribution in [3.8, 4) is 0 Å². The quantitative estimate of drug-likeness (QED) is 0.564. The Kier molecular flexibility index (Phi) is 4.25. The molecule has 1 unspecified atom stereocenters. The van der Waals surface area contributed by atoms with Gasteiger partial charge in [0.25, 0.3) is 0 Å². The van der Waals surface area contributed by atoms with E-state index in [2.05, 4.69) is 0 Å². The number of thioether (sulfide) groups is 1. The molecule has 0 radical (unpaired) electrons. The average Bonchev–Trinajstić information content (AvgIpc) is 2.40. The zero-order valence-corrected chi connectivity index (χ0v) is 11.2. The normalized spacial score (nSPS) is 12.4. The van der Waals surface area contributed by atoms with Crippen LogP contribution in [0.2, 0.25) is 0 Å². The van der Waals surface area contributed by atoms with E-state index in [0.717, 1.165) is 28.7 Å². The minimum atomic E-state index is -0.690. The number of hydrogen-bond donors (Lipinski definition) is 0. The Balaban J connectivity index is 2.47. The Morgan fingerprint density at radius 3 is 2.50 bits per heavy atom. The van der Waals surface area contributed by atoms with Gasteiger partial charge in [-0.3, -0.25) is 0 Å². The Hall–Kier alpha value is -1.06. The van der Waals surface area contributed by atoms with E-state index in [4.69, 9.17) is 11.6 Å². The topological polar surface area (TPSA) is 0 Å². The van der Waals surface area contributed by atoms with Crippen LogP contribution >= 0.6 is 23.4 Å². The molecule has 0 N–H and O–H groups in total. The van der Waals surface area contributed by atoms with E-state index in [-0.39, 0.29) is 5.56 Å². The fraction of sp³-hybridized carbons (Fsp3) is 0.143. The maximum absolute atomic E-state index is 13.7. The summed E-state index contributed by atoms with van der Waals surface area (Å²) in [6.45, 7) is 0. The fourth-order valence-corrected chi connectivity index (χ4v) is 2.81. The van der Waals surface area contributed by atoms with Crippen molar-refractivity contribution in [2.24, 2.45) is 0 Å². The van der Waals surface area contributed by atoms with E-state index < -0.39 is 17.0 Å². The van der Waals surface area contributed by atoms with E-state index in [1.54, 1.807) is 0 Å². The van der Waals surface area contributed by atoms with Gasteiger partial charge in [0, 0.05) is 10.5 Å². The van der Waals surface area contributed by atoms with Crippen LogP contribution in [-0.4, -0.2) is 6.26 Å². The summed E-state index contributed by atoms with van der Waals surface area (Å²) in [6, 6.07) is 10.8. The Labute approximate surface area is 114 Å². The summed E-state index contributed by atoms with van der Waals surface area (Å²) >= 11 is 7.80. The van der Waals surface area contributed by atoms with E-state index in [9.17, 15) is 8.78 Å². The summed E-state index contributed by atoms with van der Waals surface area (Å²) < 4.78 is 26.9. The maximum atomic E-state index is 13.7. The van der Waals surface area contributed by atoms with E-state index in [1.165, 1.54) is 11.8 Å². The summed E-state index contributed by atoms with van der Waals surface area (Å²) in [5.41, 5.74) is 0.953. The highest BCUT2D eigenvalue weighted by Gasteiger charge is 2.18. The SMILES string of the molecule is CSc1ccccc1C(Cl)c1cc(F)ccc1F. The molecule has 0 saturated carbocycles. The van der Waals surface area contributed by atoms with Gasteiger partial charge in [-0.15, -0.1) is 23.4 Å². The standard InChI is InChI=1S/C14H11ClF2S/c1-18-13-5-3-2-4-10(13)14(15)11-8-9(16)6-7-12(11)17/h2-8,14H,1H3. The Bertz CT molecular complexity index is 557. The molecule has 0 spiro atoms. The highest BCUT2D eigenvalue weighted by molar-refractivity contribution is 7.98. The van der Waals surface area contributed by atoms with Crippen molar-refractivity contribution in [1.82, 2.24) is 0 Å². The van der Waals surface area contributed by atoms with Gasteiger partial charge in [-0.1, -0.05) is 18.2 Å². The van der Waals surface area contributed by atoms with Gasteiger partial charge < -0.3 is 0 Å². The minimum absolute atomic E-state index is 0.165. The van der Waals surface area contributed by atoms with Crippen LogP contribution in [0.3, 0.4) is 0 Å². The lowest BCUT2D eigenvalue weighted by Gasteiger charge is -2.14. The maximum Gasteiger partial charge on any atom is 0.128 e. The molecule has 2 aromatic rings. The molecule has 0 nitrogen and oxygen atoms in total. The molecule has 2 rings (SSSR count). The fourth-order valence-electron chi connectivity index (χ4n) is 1.75. The third-order valence-corrected chi connectivity index (χ3v) is 3.92. The summed E-state index contributed by atoms with van der Waals surface area (Å²) in [4.78, 5) is 0.959. The van der Waals surface area contributed by atoms with Crippen LogP contribution in [0.25, 0.3) is 0 Å². The van der Waals surface area contributed by atoms with Crippen LogP contribution in [0.15, 0.2) is 47.4 Å². The summed E-state index contributed by atoms with van der Waals surface area (Å²) in [5, 5.41) is -0.690. The molecule has 0 aliphatic rings. The number of alkyl halides is 1. The second-order valence-corrected chi connectivity index (χ2v) is 5.05. The van der Waals surface area contributed by atoms with Gasteiger partial charge in [-0.25, -0.2) is 8.78 Å². The highest BCUT2D eigenvalue weighted by Crippen LogP contribution is 2.36. The molecular weight excluding hydrogens is 274 g/mol. The van der Waals surface area contributed by atoms with Crippen molar-refractivity contribution in [3.05, 3.63) is 65.2 Å². The Morgan fingerprint density at radius 1 is 1.06 bits per heavy atom. The van der Waals surface area contributed by atoms with Crippen molar-refractivity contribution in [1.29, 1.82) is 0 Å². The number of rotatable bonds is 3. The van der Waals surface area contributed by atoms with Gasteiger partial charge in [0.05, 0.1) is 5.38 Å². The molecule has 0 saturated heterocycles. The van der Waals surface area contributed by atoms with E-state index in [0.29, 0.717) is 0 Å². The van der Waals surface area contributed by atoms with Gasteiger partial charge >= 0.3 is 0 Å². The van der Waals surface area contributed by atoms with Gasteiger partial charge in [-0.05, 0) is 36.1 Å². The van der Waals surface area contributed by atoms with E-state index in [1.807, 2.05) is 30.5 Å². The molecule has 0 aliphatic heterocycles. The lowest BCUT2D eigenvalue weighted by atomic mass is 10.0. The third-order valence-electron chi connectivity index (χ3n) is 2.64. The predicted molar refractivity (Wildman–Crippen MR) is 72.3 cm³/mol. The van der Waals surface area contributed by atoms with Gasteiger partial charge in [0.2, 0.25) is 0 Å². The van der Waals surface area contributed by atoms with Gasteiger partial charge in [0.15, 0.2) is 0 Å². The van der Waals surface area contributed by atoms with Crippen LogP contribution in [0.1, 0.15) is 16.5 Å². The third kappa shape index (κ3) is 2.68. The van der Waals surface area contributed by atoms with Crippen molar-refractivity contribution in [2.45, 2.75) is 10.3 Å². The second-order valence-electron chi connectivity index (χ2n) is 3.77. The molecule has 1 atom stereocenters. The molecule has 2 aromatic carbocycles. The molecule has 0 fully saturated rings. The van der Waals surface area contributed by atoms with Crippen LogP contribution in [0.4, 0.5) is 8.78 Å². The van der Waals surface area contributed by atoms with Gasteiger partial charge in [0.1, 0.15) is 11.6 Å². The van der Waals surface area contributed by atoms with Crippen molar-refractivity contribution >= 4 is 23.4 Å². The lowest BCUT2D eigenvalue weighted by molar-refractivity contribution is 0.587. The monoisotopic (exact) mass is 284 g/mol. The first-order valence-corrected chi connectivity index (χ1v) is 7.01. The summed E-state index contributed by atoms with van der Waals surface area (Å²) in [7, 11) is 0. The van der Waals surface area contributed by atoms with Crippen LogP contribution < -0.4 is 0 Å². The molecule has 4 heteroatoms. The second kappa shape index (κ2) is 5.72. The smallest absolute Gasteiger partial charge is 0.128 e. The molecule has 18 heavy (non-hydrogen) atoms. The zero-order chi connectivity index (χ0) is 13.1. The molecule has 0 amide bonds. The molecule has 0 bridgehead atoms. The predicted octanol–water partition coefficient (Wildman–Crippen LogP) is 5.01. The van der Waals surface area contributed by atoms with Crippen molar-refractivity contribution < 1.29 is 8.78 Å². The Morgan fingerprint density at radius 2 is 1.78 bits per heavy atom. The van der Waals surface area contributed by atoms with Gasteiger partial charge in [-0.2, -0.15) is 0 Å². The number of hydrogen-bond acceptors (Lipinski definition) is 1. The minimum Gasteiger partial charge on any atom is -0.207 e.